The number of aryl methyl sites for hydroxylation is 1. The lowest BCUT2D eigenvalue weighted by Gasteiger charge is -2.31. The molecule has 4 heteroatoms. The molecule has 0 saturated carbocycles. The van der Waals surface area contributed by atoms with Crippen molar-refractivity contribution in [1.82, 2.24) is 14.9 Å². The molecule has 0 aromatic carbocycles. The second-order valence-electron chi connectivity index (χ2n) is 4.25. The van der Waals surface area contributed by atoms with Gasteiger partial charge in [0.1, 0.15) is 5.82 Å². The lowest BCUT2D eigenvalue weighted by molar-refractivity contribution is 0.183. The van der Waals surface area contributed by atoms with Gasteiger partial charge < -0.3 is 4.98 Å². The molecule has 1 aromatic heterocycles. The van der Waals surface area contributed by atoms with E-state index in [1.165, 1.54) is 12.8 Å². The second-order valence-corrected chi connectivity index (χ2v) is 4.25. The predicted molar refractivity (Wildman–Crippen MR) is 58.8 cm³/mol. The summed E-state index contributed by atoms with van der Waals surface area (Å²) in [6.07, 6.45) is 3.57. The molecule has 4 nitrogen and oxygen atoms in total. The van der Waals surface area contributed by atoms with E-state index < -0.39 is 0 Å². The number of nitrogens with zero attached hydrogens (tertiary/aromatic N) is 2. The van der Waals surface area contributed by atoms with Gasteiger partial charge >= 0.3 is 0 Å². The van der Waals surface area contributed by atoms with Gasteiger partial charge in [-0.05, 0) is 33.4 Å². The third-order valence-corrected chi connectivity index (χ3v) is 2.99. The van der Waals surface area contributed by atoms with Crippen LogP contribution in [-0.4, -0.2) is 28.5 Å². The summed E-state index contributed by atoms with van der Waals surface area (Å²) in [4.78, 5) is 20.7. The van der Waals surface area contributed by atoms with Crippen LogP contribution in [0.1, 0.15) is 36.8 Å². The number of hydrogen-bond donors (Lipinski definition) is 1. The van der Waals surface area contributed by atoms with E-state index >= 15 is 0 Å². The van der Waals surface area contributed by atoms with Crippen LogP contribution in [0.15, 0.2) is 10.9 Å². The van der Waals surface area contributed by atoms with Gasteiger partial charge in [0.25, 0.3) is 5.56 Å². The molecule has 15 heavy (non-hydrogen) atoms. The first-order chi connectivity index (χ1) is 7.16. The fourth-order valence-electron chi connectivity index (χ4n) is 2.22. The van der Waals surface area contributed by atoms with E-state index in [2.05, 4.69) is 21.9 Å². The maximum atomic E-state index is 11.3. The molecule has 82 valence electrons. The van der Waals surface area contributed by atoms with E-state index in [-0.39, 0.29) is 5.56 Å². The number of aromatic nitrogens is 2. The van der Waals surface area contributed by atoms with Gasteiger partial charge in [-0.2, -0.15) is 0 Å². The normalized spacial score (nSPS) is 22.9. The lowest BCUT2D eigenvalue weighted by Crippen LogP contribution is -2.31. The van der Waals surface area contributed by atoms with Crippen LogP contribution in [0.5, 0.6) is 0 Å². The zero-order chi connectivity index (χ0) is 10.8. The fourth-order valence-corrected chi connectivity index (χ4v) is 2.22. The summed E-state index contributed by atoms with van der Waals surface area (Å²) in [5.74, 6) is 0.705. The first kappa shape index (κ1) is 10.4. The van der Waals surface area contributed by atoms with Gasteiger partial charge in [0.15, 0.2) is 0 Å². The zero-order valence-electron chi connectivity index (χ0n) is 9.29. The standard InChI is InChI=1S/C11H17N3O/c1-8-12-9(7-11(15)13-8)10-5-3-4-6-14(10)2/h7,10H,3-6H2,1-2H3,(H,12,13,15). The van der Waals surface area contributed by atoms with Gasteiger partial charge in [0.05, 0.1) is 11.7 Å². The quantitative estimate of drug-likeness (QED) is 0.753. The molecular weight excluding hydrogens is 190 g/mol. The molecule has 0 aliphatic carbocycles. The van der Waals surface area contributed by atoms with Gasteiger partial charge in [-0.25, -0.2) is 4.98 Å². The molecule has 1 fully saturated rings. The Labute approximate surface area is 89.3 Å². The summed E-state index contributed by atoms with van der Waals surface area (Å²) in [6.45, 7) is 2.92. The zero-order valence-corrected chi connectivity index (χ0v) is 9.29. The fraction of sp³-hybridized carbons (Fsp3) is 0.636. The van der Waals surface area contributed by atoms with Crippen LogP contribution >= 0.6 is 0 Å². The molecule has 0 bridgehead atoms. The second kappa shape index (κ2) is 4.14. The largest absolute Gasteiger partial charge is 0.311 e. The molecule has 1 aromatic rings. The molecular formula is C11H17N3O. The molecule has 1 unspecified atom stereocenters. The average Bonchev–Trinajstić information content (AvgIpc) is 2.16. The maximum Gasteiger partial charge on any atom is 0.251 e. The number of rotatable bonds is 1. The Balaban J connectivity index is 2.31. The maximum absolute atomic E-state index is 11.3. The Kier molecular flexibility index (Phi) is 2.86. The summed E-state index contributed by atoms with van der Waals surface area (Å²) in [6, 6.07) is 1.94. The van der Waals surface area contributed by atoms with Gasteiger partial charge in [-0.1, -0.05) is 6.42 Å². The number of H-pyrrole nitrogens is 1. The number of hydrogen-bond acceptors (Lipinski definition) is 3. The summed E-state index contributed by atoms with van der Waals surface area (Å²) < 4.78 is 0. The van der Waals surface area contributed by atoms with E-state index in [1.54, 1.807) is 6.07 Å². The first-order valence-electron chi connectivity index (χ1n) is 5.45. The van der Waals surface area contributed by atoms with Crippen LogP contribution < -0.4 is 5.56 Å². The van der Waals surface area contributed by atoms with E-state index in [9.17, 15) is 4.79 Å². The van der Waals surface area contributed by atoms with Crippen molar-refractivity contribution in [3.05, 3.63) is 27.9 Å². The van der Waals surface area contributed by atoms with Crippen molar-refractivity contribution in [2.24, 2.45) is 0 Å². The molecule has 0 amide bonds. The Morgan fingerprint density at radius 3 is 3.00 bits per heavy atom. The van der Waals surface area contributed by atoms with Crippen molar-refractivity contribution in [2.75, 3.05) is 13.6 Å². The molecule has 1 atom stereocenters. The Morgan fingerprint density at radius 1 is 1.53 bits per heavy atom. The van der Waals surface area contributed by atoms with Crippen LogP contribution in [0.3, 0.4) is 0 Å². The minimum absolute atomic E-state index is 0.0449. The van der Waals surface area contributed by atoms with Crippen LogP contribution in [0.25, 0.3) is 0 Å². The topological polar surface area (TPSA) is 49.0 Å². The van der Waals surface area contributed by atoms with Gasteiger partial charge in [0, 0.05) is 6.07 Å². The molecule has 1 saturated heterocycles. The monoisotopic (exact) mass is 207 g/mol. The number of piperidine rings is 1. The molecule has 1 aliphatic heterocycles. The highest BCUT2D eigenvalue weighted by atomic mass is 16.1. The van der Waals surface area contributed by atoms with Crippen LogP contribution in [0.2, 0.25) is 0 Å². The summed E-state index contributed by atoms with van der Waals surface area (Å²) in [5, 5.41) is 0. The summed E-state index contributed by atoms with van der Waals surface area (Å²) >= 11 is 0. The molecule has 2 rings (SSSR count). The van der Waals surface area contributed by atoms with Gasteiger partial charge in [-0.15, -0.1) is 0 Å². The smallest absolute Gasteiger partial charge is 0.251 e. The third-order valence-electron chi connectivity index (χ3n) is 2.99. The molecule has 0 spiro atoms. The number of nitrogens with one attached hydrogen (secondary N) is 1. The van der Waals surface area contributed by atoms with Crippen LogP contribution in [0.4, 0.5) is 0 Å². The van der Waals surface area contributed by atoms with Crippen LogP contribution in [0, 0.1) is 6.92 Å². The van der Waals surface area contributed by atoms with Crippen molar-refractivity contribution in [3.8, 4) is 0 Å². The minimum Gasteiger partial charge on any atom is -0.311 e. The number of likely N-dealkylation sites (tertiary alicyclic amines) is 1. The first-order valence-corrected chi connectivity index (χ1v) is 5.45. The van der Waals surface area contributed by atoms with E-state index in [1.807, 2.05) is 6.92 Å². The Hall–Kier alpha value is -1.16. The molecule has 1 N–H and O–H groups in total. The average molecular weight is 207 g/mol. The molecule has 0 radical (unpaired) electrons. The predicted octanol–water partition coefficient (Wildman–Crippen LogP) is 1.24. The highest BCUT2D eigenvalue weighted by molar-refractivity contribution is 5.08. The SMILES string of the molecule is Cc1nc(C2CCCCN2C)cc(=O)[nH]1. The van der Waals surface area contributed by atoms with E-state index in [0.717, 1.165) is 18.7 Å². The van der Waals surface area contributed by atoms with Crippen molar-refractivity contribution in [1.29, 1.82) is 0 Å². The van der Waals surface area contributed by atoms with Crippen molar-refractivity contribution in [3.63, 3.8) is 0 Å². The summed E-state index contributed by atoms with van der Waals surface area (Å²) in [7, 11) is 2.10. The van der Waals surface area contributed by atoms with Gasteiger partial charge in [-0.3, -0.25) is 9.69 Å². The third kappa shape index (κ3) is 2.26. The van der Waals surface area contributed by atoms with Crippen molar-refractivity contribution >= 4 is 0 Å². The Bertz CT molecular complexity index is 399. The van der Waals surface area contributed by atoms with Gasteiger partial charge in [0.2, 0.25) is 0 Å². The van der Waals surface area contributed by atoms with Crippen LogP contribution in [-0.2, 0) is 0 Å². The minimum atomic E-state index is -0.0449. The van der Waals surface area contributed by atoms with E-state index in [4.69, 9.17) is 0 Å². The highest BCUT2D eigenvalue weighted by Gasteiger charge is 2.22. The molecule has 2 heterocycles. The Morgan fingerprint density at radius 2 is 2.33 bits per heavy atom. The molecule has 1 aliphatic rings. The van der Waals surface area contributed by atoms with Crippen molar-refractivity contribution < 1.29 is 0 Å². The van der Waals surface area contributed by atoms with E-state index in [0.29, 0.717) is 11.9 Å². The number of aromatic amines is 1. The summed E-state index contributed by atoms with van der Waals surface area (Å²) in [5.41, 5.74) is 0.870. The highest BCUT2D eigenvalue weighted by Crippen LogP contribution is 2.27. The lowest BCUT2D eigenvalue weighted by atomic mass is 10.00. The van der Waals surface area contributed by atoms with Crippen molar-refractivity contribution in [2.45, 2.75) is 32.2 Å².